The zero-order valence-corrected chi connectivity index (χ0v) is 46.1. The molecule has 0 amide bonds. The van der Waals surface area contributed by atoms with Crippen LogP contribution < -0.4 is 10.6 Å². The number of ether oxygens (including phenoxy) is 3. The van der Waals surface area contributed by atoms with Crippen LogP contribution in [0, 0.1) is 29.6 Å². The minimum absolute atomic E-state index is 0.00482. The number of guanidine groups is 1. The zero-order chi connectivity index (χ0) is 57.1. The summed E-state index contributed by atoms with van der Waals surface area (Å²) in [5, 5.41) is 126. The van der Waals surface area contributed by atoms with Crippen LogP contribution in [0.25, 0.3) is 0 Å². The van der Waals surface area contributed by atoms with Gasteiger partial charge in [-0.1, -0.05) is 83.2 Å². The summed E-state index contributed by atoms with van der Waals surface area (Å²) in [4.78, 5) is 41.3. The van der Waals surface area contributed by atoms with E-state index >= 15 is 0 Å². The van der Waals surface area contributed by atoms with Crippen LogP contribution in [0.3, 0.4) is 0 Å². The van der Waals surface area contributed by atoms with E-state index in [2.05, 4.69) is 27.8 Å². The van der Waals surface area contributed by atoms with Crippen molar-refractivity contribution in [2.45, 2.75) is 217 Å². The Morgan fingerprint density at radius 2 is 1.49 bits per heavy atom. The number of rotatable bonds is 12. The fourth-order valence-electron chi connectivity index (χ4n) is 9.83. The van der Waals surface area contributed by atoms with Crippen molar-refractivity contribution in [1.82, 2.24) is 10.6 Å². The first-order valence-corrected chi connectivity index (χ1v) is 27.2. The van der Waals surface area contributed by atoms with Crippen LogP contribution in [0.4, 0.5) is 0 Å². The van der Waals surface area contributed by atoms with Gasteiger partial charge in [-0.3, -0.25) is 14.6 Å². The number of aliphatic hydroxyl groups excluding tert-OH is 9. The minimum atomic E-state index is -2.51. The first-order valence-electron chi connectivity index (χ1n) is 27.2. The SMILES string of the molecule is CN=C(NC)NCCC/C=C/CCCC(C)C1OC(=O)/C=C\C=C\C(C)C(O)C(C)C(O)C(C)C(O)CCCC(O)CC2(O)OC(CC(OC(=O)CC(=O)O)CC(O)CC(O)CC(O)/C(C)=C/C=C/C1C)CC(O)C2O. The van der Waals surface area contributed by atoms with Gasteiger partial charge in [-0.05, 0) is 76.2 Å². The van der Waals surface area contributed by atoms with Crippen LogP contribution in [0.2, 0.25) is 0 Å². The largest absolute Gasteiger partial charge is 0.481 e. The Kier molecular flexibility index (Phi) is 31.7. The topological polar surface area (TPSA) is 338 Å². The summed E-state index contributed by atoms with van der Waals surface area (Å²) in [5.74, 6) is -7.17. The van der Waals surface area contributed by atoms with Gasteiger partial charge in [0.25, 0.3) is 0 Å². The normalized spacial score (nSPS) is 37.5. The van der Waals surface area contributed by atoms with Gasteiger partial charge in [0.1, 0.15) is 24.7 Å². The van der Waals surface area contributed by atoms with Gasteiger partial charge in [0, 0.05) is 82.5 Å². The van der Waals surface area contributed by atoms with Crippen molar-refractivity contribution >= 4 is 23.9 Å². The molecular weight excluding hydrogens is 987 g/mol. The van der Waals surface area contributed by atoms with E-state index in [1.54, 1.807) is 59.0 Å². The lowest BCUT2D eigenvalue weighted by Gasteiger charge is -2.45. The first kappa shape index (κ1) is 68.0. The summed E-state index contributed by atoms with van der Waals surface area (Å²) in [6.45, 7) is 11.5. The maximum atomic E-state index is 13.3. The molecule has 76 heavy (non-hydrogen) atoms. The number of hydrogen-bond acceptors (Lipinski definition) is 17. The second-order valence-corrected chi connectivity index (χ2v) is 21.3. The molecule has 2 aliphatic rings. The molecule has 1 fully saturated rings. The molecule has 0 spiro atoms. The molecule has 2 rings (SSSR count). The lowest BCUT2D eigenvalue weighted by molar-refractivity contribution is -0.332. The van der Waals surface area contributed by atoms with Crippen LogP contribution in [-0.4, -0.2) is 180 Å². The van der Waals surface area contributed by atoms with E-state index in [9.17, 15) is 70.6 Å². The van der Waals surface area contributed by atoms with Gasteiger partial charge >= 0.3 is 17.9 Å². The van der Waals surface area contributed by atoms with Crippen molar-refractivity contribution < 1.29 is 84.8 Å². The monoisotopic (exact) mass is 1080 g/mol. The van der Waals surface area contributed by atoms with Crippen molar-refractivity contribution in [1.29, 1.82) is 0 Å². The highest BCUT2D eigenvalue weighted by Gasteiger charge is 2.49. The Morgan fingerprint density at radius 3 is 2.14 bits per heavy atom. The molecule has 2 aliphatic heterocycles. The van der Waals surface area contributed by atoms with Gasteiger partial charge in [0.15, 0.2) is 11.7 Å². The number of esters is 2. The molecule has 13 N–H and O–H groups in total. The summed E-state index contributed by atoms with van der Waals surface area (Å²) >= 11 is 0. The highest BCUT2D eigenvalue weighted by Crippen LogP contribution is 2.35. The number of nitrogens with zero attached hydrogens (tertiary/aromatic N) is 1. The third kappa shape index (κ3) is 25.2. The summed E-state index contributed by atoms with van der Waals surface area (Å²) in [6, 6.07) is 0. The number of allylic oxidation sites excluding steroid dienone is 6. The zero-order valence-electron chi connectivity index (χ0n) is 46.1. The quantitative estimate of drug-likeness (QED) is 0.0333. The number of carbonyl (C=O) groups is 3. The highest BCUT2D eigenvalue weighted by molar-refractivity contribution is 5.90. The van der Waals surface area contributed by atoms with Gasteiger partial charge < -0.3 is 81.0 Å². The lowest BCUT2D eigenvalue weighted by Crippen LogP contribution is -2.59. The fraction of sp³-hybridized carbons (Fsp3) is 0.750. The Labute approximate surface area is 450 Å². The third-order valence-corrected chi connectivity index (χ3v) is 14.6. The molecule has 0 aliphatic carbocycles. The third-order valence-electron chi connectivity index (χ3n) is 14.6. The van der Waals surface area contributed by atoms with Crippen LogP contribution in [0.1, 0.15) is 138 Å². The van der Waals surface area contributed by atoms with E-state index in [1.807, 2.05) is 27.0 Å². The molecule has 0 radical (unpaired) electrons. The van der Waals surface area contributed by atoms with Gasteiger partial charge in [-0.15, -0.1) is 0 Å². The molecule has 2 heterocycles. The molecule has 18 atom stereocenters. The molecule has 0 aromatic rings. The number of carboxylic acid groups (broad SMARTS) is 1. The first-order chi connectivity index (χ1) is 35.8. The average Bonchev–Trinajstić information content (AvgIpc) is 3.34. The Bertz CT molecular complexity index is 1900. The number of unbranched alkanes of at least 4 members (excludes halogenated alkanes) is 2. The van der Waals surface area contributed by atoms with E-state index < -0.39 is 128 Å². The Hall–Kier alpha value is -4.06. The van der Waals surface area contributed by atoms with Gasteiger partial charge in [-0.25, -0.2) is 4.79 Å². The van der Waals surface area contributed by atoms with Crippen LogP contribution in [0.15, 0.2) is 65.2 Å². The van der Waals surface area contributed by atoms with E-state index in [1.165, 1.54) is 12.2 Å². The Balaban J connectivity index is 2.39. The second kappa shape index (κ2) is 35.4. The Morgan fingerprint density at radius 1 is 0.829 bits per heavy atom. The number of cyclic esters (lactones) is 1. The lowest BCUT2D eigenvalue weighted by atomic mass is 9.81. The summed E-state index contributed by atoms with van der Waals surface area (Å²) in [5.41, 5.74) is 0.484. The molecule has 436 valence electrons. The molecule has 18 unspecified atom stereocenters. The molecule has 20 nitrogen and oxygen atoms in total. The average molecular weight is 1080 g/mol. The predicted molar refractivity (Wildman–Crippen MR) is 287 cm³/mol. The van der Waals surface area contributed by atoms with Crippen molar-refractivity contribution in [3.8, 4) is 0 Å². The van der Waals surface area contributed by atoms with E-state index in [-0.39, 0.29) is 63.2 Å². The number of hydrogen-bond donors (Lipinski definition) is 13. The molecular formula is C56H95N3O17. The van der Waals surface area contributed by atoms with Gasteiger partial charge in [0.05, 0.1) is 54.9 Å². The molecule has 0 saturated carbocycles. The van der Waals surface area contributed by atoms with Crippen molar-refractivity contribution in [2.24, 2.45) is 34.6 Å². The predicted octanol–water partition coefficient (Wildman–Crippen LogP) is 3.24. The molecule has 0 aromatic heterocycles. The van der Waals surface area contributed by atoms with Gasteiger partial charge in [-0.2, -0.15) is 0 Å². The van der Waals surface area contributed by atoms with Crippen LogP contribution in [-0.2, 0) is 28.6 Å². The maximum Gasteiger partial charge on any atom is 0.331 e. The van der Waals surface area contributed by atoms with Gasteiger partial charge in [0.2, 0.25) is 0 Å². The van der Waals surface area contributed by atoms with Crippen molar-refractivity contribution in [2.75, 3.05) is 20.6 Å². The highest BCUT2D eigenvalue weighted by atomic mass is 16.7. The fourth-order valence-corrected chi connectivity index (χ4v) is 9.83. The van der Waals surface area contributed by atoms with E-state index in [0.29, 0.717) is 5.57 Å². The number of carboxylic acids is 1. The second-order valence-electron chi connectivity index (χ2n) is 21.3. The maximum absolute atomic E-state index is 13.3. The van der Waals surface area contributed by atoms with Crippen LogP contribution in [0.5, 0.6) is 0 Å². The number of nitrogens with one attached hydrogen (secondary N) is 2. The number of carbonyl (C=O) groups excluding carboxylic acids is 2. The molecule has 0 aromatic carbocycles. The number of aliphatic carboxylic acids is 1. The summed E-state index contributed by atoms with van der Waals surface area (Å²) < 4.78 is 17.3. The minimum Gasteiger partial charge on any atom is -0.481 e. The number of aliphatic imine (C=N–C) groups is 1. The molecule has 2 bridgehead atoms. The number of fused-ring (bicyclic) bond motifs is 2. The van der Waals surface area contributed by atoms with Crippen LogP contribution >= 0.6 is 0 Å². The standard InChI is InChI=1S/C56H95N3O17/c1-34-21-17-22-37(4)53(36(3)20-13-11-9-10-12-16-26-59-55(57-7)58-8)75-49(68)25-15-14-19-35(2)51(70)39(6)52(71)38(5)45(63)24-18-23-40(60)33-56(73)54(72)47(65)31-44(76-56)30-43(74-50(69)32-48(66)67)28-41(61)27-42(62)29-46(34)64/h9-10,14-15,17,19,21-22,25,35-47,51-54,60-65,70-73H,11-13,16,18,20,23-24,26-33H2,1-8H3,(H,66,67)(H2,57,58,59)/b10-9+,19-14+,22-17+,25-15-,34-21+. The molecule has 20 heteroatoms. The van der Waals surface area contributed by atoms with Crippen molar-refractivity contribution in [3.63, 3.8) is 0 Å². The van der Waals surface area contributed by atoms with E-state index in [4.69, 9.17) is 14.2 Å². The summed E-state index contributed by atoms with van der Waals surface area (Å²) in [7, 11) is 3.53. The van der Waals surface area contributed by atoms with Crippen molar-refractivity contribution in [3.05, 3.63) is 60.3 Å². The summed E-state index contributed by atoms with van der Waals surface area (Å²) in [6.07, 6.45) is 2.56. The van der Waals surface area contributed by atoms with E-state index in [0.717, 1.165) is 44.6 Å². The molecule has 1 saturated heterocycles. The number of aliphatic hydroxyl groups is 10. The smallest absolute Gasteiger partial charge is 0.331 e.